The number of aryl methyl sites for hydroxylation is 1. The van der Waals surface area contributed by atoms with Crippen molar-refractivity contribution in [1.29, 1.82) is 0 Å². The van der Waals surface area contributed by atoms with E-state index in [4.69, 9.17) is 19.7 Å². The number of hydrogen-bond acceptors (Lipinski definition) is 8. The van der Waals surface area contributed by atoms with Crippen LogP contribution in [0, 0.1) is 0 Å². The number of nitrogens with zero attached hydrogens (tertiary/aromatic N) is 7. The first-order chi connectivity index (χ1) is 19.1. The van der Waals surface area contributed by atoms with Crippen LogP contribution in [0.4, 0.5) is 17.7 Å². The summed E-state index contributed by atoms with van der Waals surface area (Å²) >= 11 is 0. The summed E-state index contributed by atoms with van der Waals surface area (Å²) in [5.41, 5.74) is 4.48. The summed E-state index contributed by atoms with van der Waals surface area (Å²) in [5, 5.41) is 6.77. The van der Waals surface area contributed by atoms with Crippen LogP contribution in [0.1, 0.15) is 18.4 Å². The van der Waals surface area contributed by atoms with Gasteiger partial charge in [-0.3, -0.25) is 10.1 Å². The van der Waals surface area contributed by atoms with Gasteiger partial charge in [0.25, 0.3) is 0 Å². The molecule has 11 heteroatoms. The number of methoxy groups -OCH3 is 1. The van der Waals surface area contributed by atoms with E-state index in [-0.39, 0.29) is 5.91 Å². The highest BCUT2D eigenvalue weighted by atomic mass is 16.5. The lowest BCUT2D eigenvalue weighted by Crippen LogP contribution is -2.28. The lowest BCUT2D eigenvalue weighted by Gasteiger charge is -2.16. The third-order valence-electron chi connectivity index (χ3n) is 7.12. The van der Waals surface area contributed by atoms with E-state index < -0.39 is 0 Å². The van der Waals surface area contributed by atoms with Crippen molar-refractivity contribution in [3.8, 4) is 5.75 Å². The molecule has 0 aliphatic carbocycles. The minimum absolute atomic E-state index is 0.208. The van der Waals surface area contributed by atoms with E-state index in [1.165, 1.54) is 5.56 Å². The van der Waals surface area contributed by atoms with Crippen molar-refractivity contribution in [1.82, 2.24) is 34.0 Å². The first-order valence-corrected chi connectivity index (χ1v) is 13.1. The lowest BCUT2D eigenvalue weighted by atomic mass is 10.1. The molecule has 1 amide bonds. The molecule has 0 atom stereocenters. The molecule has 6 rings (SSSR count). The second-order valence-electron chi connectivity index (χ2n) is 9.62. The highest BCUT2D eigenvalue weighted by molar-refractivity contribution is 5.85. The Labute approximate surface area is 225 Å². The zero-order chi connectivity index (χ0) is 26.8. The molecule has 39 heavy (non-hydrogen) atoms. The van der Waals surface area contributed by atoms with Crippen LogP contribution in [0.25, 0.3) is 22.2 Å². The second-order valence-corrected chi connectivity index (χ2v) is 9.62. The Bertz CT molecular complexity index is 1620. The van der Waals surface area contributed by atoms with Gasteiger partial charge in [-0.2, -0.15) is 9.97 Å². The Balaban J connectivity index is 1.28. The van der Waals surface area contributed by atoms with Crippen LogP contribution in [0.15, 0.2) is 54.9 Å². The van der Waals surface area contributed by atoms with Crippen LogP contribution in [0.5, 0.6) is 5.75 Å². The number of likely N-dealkylation sites (tertiary alicyclic amines) is 1. The number of benzene rings is 2. The molecule has 1 fully saturated rings. The Morgan fingerprint density at radius 1 is 1.03 bits per heavy atom. The van der Waals surface area contributed by atoms with Crippen molar-refractivity contribution in [2.24, 2.45) is 7.05 Å². The number of rotatable bonds is 10. The third kappa shape index (κ3) is 5.07. The molecule has 2 aromatic carbocycles. The van der Waals surface area contributed by atoms with Crippen molar-refractivity contribution < 1.29 is 9.53 Å². The minimum Gasteiger partial charge on any atom is -0.497 e. The molecule has 0 unspecified atom stereocenters. The maximum Gasteiger partial charge on any atom is 0.233 e. The first kappa shape index (κ1) is 24.7. The van der Waals surface area contributed by atoms with Gasteiger partial charge in [0.05, 0.1) is 24.5 Å². The fourth-order valence-electron chi connectivity index (χ4n) is 4.93. The van der Waals surface area contributed by atoms with Crippen molar-refractivity contribution >= 4 is 45.8 Å². The largest absolute Gasteiger partial charge is 0.497 e. The number of carbonyl (C=O) groups excluding carboxylic acids is 1. The van der Waals surface area contributed by atoms with Crippen LogP contribution >= 0.6 is 0 Å². The van der Waals surface area contributed by atoms with Crippen molar-refractivity contribution in [2.75, 3.05) is 37.4 Å². The molecule has 1 aliphatic heterocycles. The average Bonchev–Trinajstić information content (AvgIpc) is 3.65. The minimum atomic E-state index is 0.208. The number of ether oxygens (including phenoxy) is 1. The zero-order valence-corrected chi connectivity index (χ0v) is 22.1. The van der Waals surface area contributed by atoms with E-state index in [9.17, 15) is 4.79 Å². The van der Waals surface area contributed by atoms with Gasteiger partial charge >= 0.3 is 0 Å². The fraction of sp³-hybridized carbons (Fsp3) is 0.321. The van der Waals surface area contributed by atoms with E-state index in [0.29, 0.717) is 54.9 Å². The third-order valence-corrected chi connectivity index (χ3v) is 7.12. The van der Waals surface area contributed by atoms with Gasteiger partial charge in [-0.25, -0.2) is 9.97 Å². The van der Waals surface area contributed by atoms with Crippen molar-refractivity contribution in [3.05, 3.63) is 60.4 Å². The maximum atomic E-state index is 12.1. The molecule has 1 aliphatic rings. The molecule has 0 spiro atoms. The summed E-state index contributed by atoms with van der Waals surface area (Å²) in [6, 6.07) is 16.0. The molecule has 0 bridgehead atoms. The summed E-state index contributed by atoms with van der Waals surface area (Å²) in [6.07, 6.45) is 4.12. The number of amides is 1. The van der Waals surface area contributed by atoms with Crippen LogP contribution in [-0.4, -0.2) is 66.6 Å². The van der Waals surface area contributed by atoms with E-state index in [1.54, 1.807) is 13.4 Å². The highest BCUT2D eigenvalue weighted by Crippen LogP contribution is 2.25. The smallest absolute Gasteiger partial charge is 0.233 e. The van der Waals surface area contributed by atoms with Gasteiger partial charge in [0.15, 0.2) is 17.0 Å². The number of imidazole rings is 2. The number of fused-ring (bicyclic) bond motifs is 2. The first-order valence-electron chi connectivity index (χ1n) is 13.1. The summed E-state index contributed by atoms with van der Waals surface area (Å²) in [5.74, 6) is 2.76. The summed E-state index contributed by atoms with van der Waals surface area (Å²) < 4.78 is 9.23. The van der Waals surface area contributed by atoms with Crippen molar-refractivity contribution in [3.63, 3.8) is 0 Å². The number of carbonyl (C=O) groups is 1. The topological polar surface area (TPSA) is 115 Å². The van der Waals surface area contributed by atoms with Crippen LogP contribution in [0.2, 0.25) is 0 Å². The summed E-state index contributed by atoms with van der Waals surface area (Å²) in [6.45, 7) is 2.70. The molecule has 2 N–H and O–H groups in total. The SMILES string of the molecule is COc1ccc(CCNc2nc(Nc3nc4ccccc4n3C)nc3c2ncn3CCN2CCCC2=O)cc1. The summed E-state index contributed by atoms with van der Waals surface area (Å²) in [7, 11) is 3.62. The van der Waals surface area contributed by atoms with Gasteiger partial charge in [-0.15, -0.1) is 0 Å². The molecular weight excluding hydrogens is 494 g/mol. The quantitative estimate of drug-likeness (QED) is 0.283. The fourth-order valence-corrected chi connectivity index (χ4v) is 4.93. The lowest BCUT2D eigenvalue weighted by molar-refractivity contribution is -0.127. The van der Waals surface area contributed by atoms with E-state index in [2.05, 4.69) is 27.8 Å². The monoisotopic (exact) mass is 525 g/mol. The predicted molar refractivity (Wildman–Crippen MR) is 150 cm³/mol. The van der Waals surface area contributed by atoms with E-state index in [0.717, 1.165) is 36.2 Å². The molecule has 11 nitrogen and oxygen atoms in total. The Hall–Kier alpha value is -4.67. The molecule has 1 saturated heterocycles. The van der Waals surface area contributed by atoms with Crippen molar-refractivity contribution in [2.45, 2.75) is 25.8 Å². The molecule has 5 aromatic rings. The Kier molecular flexibility index (Phi) is 6.70. The molecule has 3 aromatic heterocycles. The zero-order valence-electron chi connectivity index (χ0n) is 22.1. The Morgan fingerprint density at radius 2 is 1.87 bits per heavy atom. The van der Waals surface area contributed by atoms with Gasteiger partial charge in [0, 0.05) is 39.6 Å². The molecule has 0 radical (unpaired) electrons. The van der Waals surface area contributed by atoms with Gasteiger partial charge in [-0.05, 0) is 42.7 Å². The molecule has 4 heterocycles. The van der Waals surface area contributed by atoms with Gasteiger partial charge < -0.3 is 24.1 Å². The highest BCUT2D eigenvalue weighted by Gasteiger charge is 2.21. The average molecular weight is 526 g/mol. The number of aromatic nitrogens is 6. The van der Waals surface area contributed by atoms with E-state index in [1.807, 2.05) is 57.5 Å². The maximum absolute atomic E-state index is 12.1. The van der Waals surface area contributed by atoms with Gasteiger partial charge in [0.1, 0.15) is 5.75 Å². The van der Waals surface area contributed by atoms with Gasteiger partial charge in [0.2, 0.25) is 17.8 Å². The molecule has 200 valence electrons. The van der Waals surface area contributed by atoms with Gasteiger partial charge in [-0.1, -0.05) is 24.3 Å². The van der Waals surface area contributed by atoms with Crippen LogP contribution in [-0.2, 0) is 24.8 Å². The normalized spacial score (nSPS) is 13.5. The molecular formula is C28H31N9O2. The predicted octanol–water partition coefficient (Wildman–Crippen LogP) is 3.74. The standard InChI is InChI=1S/C28H31N9O2/c1-35-22-7-4-3-6-21(22)31-28(35)34-27-32-25(29-14-13-19-9-11-20(39-2)12-10-19)24-26(33-27)37(18-30-24)17-16-36-15-5-8-23(36)38/h3-4,6-7,9-12,18H,5,8,13-17H2,1-2H3,(H2,29,31,32,33,34). The second kappa shape index (κ2) is 10.6. The summed E-state index contributed by atoms with van der Waals surface area (Å²) in [4.78, 5) is 33.0. The Morgan fingerprint density at radius 3 is 2.64 bits per heavy atom. The van der Waals surface area contributed by atoms with Crippen LogP contribution < -0.4 is 15.4 Å². The molecule has 0 saturated carbocycles. The van der Waals surface area contributed by atoms with Crippen LogP contribution in [0.3, 0.4) is 0 Å². The number of nitrogens with one attached hydrogen (secondary N) is 2. The van der Waals surface area contributed by atoms with E-state index >= 15 is 0 Å². The number of para-hydroxylation sites is 2. The number of hydrogen-bond donors (Lipinski definition) is 2. The number of anilines is 3.